The van der Waals surface area contributed by atoms with Gasteiger partial charge in [-0.2, -0.15) is 0 Å². The molecule has 28 heavy (non-hydrogen) atoms. The van der Waals surface area contributed by atoms with E-state index < -0.39 is 17.8 Å². The number of nitrogens with zero attached hydrogens (tertiary/aromatic N) is 2. The van der Waals surface area contributed by atoms with E-state index in [0.717, 1.165) is 19.4 Å². The molecule has 0 aromatic heterocycles. The van der Waals surface area contributed by atoms with E-state index in [1.54, 1.807) is 0 Å². The molecule has 2 aliphatic rings. The van der Waals surface area contributed by atoms with E-state index in [2.05, 4.69) is 29.4 Å². The minimum Gasteiger partial charge on any atom is -0.355 e. The molecule has 0 aromatic carbocycles. The molecule has 0 saturated carbocycles. The van der Waals surface area contributed by atoms with Crippen LogP contribution in [0.15, 0.2) is 0 Å². The second kappa shape index (κ2) is 10.2. The third-order valence-corrected chi connectivity index (χ3v) is 4.76. The van der Waals surface area contributed by atoms with Gasteiger partial charge in [-0.05, 0) is 33.2 Å². The number of rotatable bonds is 9. The normalized spacial score (nSPS) is 20.0. The van der Waals surface area contributed by atoms with Crippen LogP contribution >= 0.6 is 0 Å². The smallest absolute Gasteiger partial charge is 0.334 e. The molecule has 2 fully saturated rings. The minimum absolute atomic E-state index is 0.0194. The van der Waals surface area contributed by atoms with Crippen LogP contribution in [0, 0.1) is 0 Å². The van der Waals surface area contributed by atoms with Crippen molar-refractivity contribution in [2.45, 2.75) is 64.5 Å². The van der Waals surface area contributed by atoms with Gasteiger partial charge in [0.05, 0.1) is 12.5 Å². The van der Waals surface area contributed by atoms with Gasteiger partial charge in [0.1, 0.15) is 0 Å². The van der Waals surface area contributed by atoms with E-state index in [0.29, 0.717) is 11.1 Å². The second-order valence-electron chi connectivity index (χ2n) is 7.18. The number of nitrogens with one attached hydrogen (secondary N) is 2. The first kappa shape index (κ1) is 21.8. The molecule has 156 valence electrons. The van der Waals surface area contributed by atoms with E-state index in [1.165, 1.54) is 0 Å². The third-order valence-electron chi connectivity index (χ3n) is 4.76. The maximum absolute atomic E-state index is 12.3. The highest BCUT2D eigenvalue weighted by Gasteiger charge is 2.33. The Bertz CT molecular complexity index is 620. The zero-order chi connectivity index (χ0) is 20.7. The number of amides is 4. The summed E-state index contributed by atoms with van der Waals surface area (Å²) in [4.78, 5) is 65.2. The van der Waals surface area contributed by atoms with Gasteiger partial charge in [-0.15, -0.1) is 5.06 Å². The van der Waals surface area contributed by atoms with Gasteiger partial charge in [-0.3, -0.25) is 24.1 Å². The summed E-state index contributed by atoms with van der Waals surface area (Å²) in [5, 5.41) is 5.80. The second-order valence-corrected chi connectivity index (χ2v) is 7.18. The Hall–Kier alpha value is -2.49. The summed E-state index contributed by atoms with van der Waals surface area (Å²) < 4.78 is 0. The van der Waals surface area contributed by atoms with Crippen LogP contribution in [0.4, 0.5) is 0 Å². The molecule has 0 bridgehead atoms. The van der Waals surface area contributed by atoms with Crippen molar-refractivity contribution in [1.29, 1.82) is 0 Å². The maximum Gasteiger partial charge on any atom is 0.334 e. The number of carbonyl (C=O) groups excluding carboxylic acids is 5. The Kier molecular flexibility index (Phi) is 7.91. The molecule has 4 amide bonds. The van der Waals surface area contributed by atoms with Crippen LogP contribution in [0.5, 0.6) is 0 Å². The fraction of sp³-hybridized carbons (Fsp3) is 0.722. The molecular weight excluding hydrogens is 377 g/mol. The summed E-state index contributed by atoms with van der Waals surface area (Å²) in [7, 11) is 0. The standard InChI is InChI=1S/C18H28N4O6/c1-12(2)21-11-3-4-13(21)18(27)20-9-7-14(23)19-10-8-17(26)28-22-15(24)5-6-16(22)25/h12-13H,3-11H2,1-2H3,(H,19,23)(H,20,27)/i1+1,2+1,7+1,9+1,12+1,14+1,17+1,19+1,21+1. The van der Waals surface area contributed by atoms with E-state index in [4.69, 9.17) is 4.84 Å². The lowest BCUT2D eigenvalue weighted by atomic mass is 10.2. The van der Waals surface area contributed by atoms with Crippen LogP contribution in [-0.4, -0.2) is 71.3 Å². The van der Waals surface area contributed by atoms with Crippen molar-refractivity contribution >= 4 is 29.6 Å². The molecule has 10 nitrogen and oxygen atoms in total. The molecule has 10 heteroatoms. The average molecular weight is 405 g/mol. The van der Waals surface area contributed by atoms with Crippen molar-refractivity contribution in [3.8, 4) is 0 Å². The number of hydrogen-bond donors (Lipinski definition) is 2. The number of likely N-dealkylation sites (tertiary alicyclic amines) is 1. The van der Waals surface area contributed by atoms with E-state index in [9.17, 15) is 24.0 Å². The lowest BCUT2D eigenvalue weighted by molar-refractivity contribution is -0.197. The molecule has 0 aliphatic carbocycles. The summed E-state index contributed by atoms with van der Waals surface area (Å²) in [5.74, 6) is -2.24. The van der Waals surface area contributed by atoms with Gasteiger partial charge in [0.15, 0.2) is 0 Å². The summed E-state index contributed by atoms with van der Waals surface area (Å²) >= 11 is 0. The van der Waals surface area contributed by atoms with E-state index >= 15 is 0 Å². The van der Waals surface area contributed by atoms with Crippen molar-refractivity contribution < 1.29 is 28.8 Å². The largest absolute Gasteiger partial charge is 0.355 e. The molecular formula is C18H28N4O6. The van der Waals surface area contributed by atoms with Crippen LogP contribution in [0.25, 0.3) is 0 Å². The molecule has 0 radical (unpaired) electrons. The quantitative estimate of drug-likeness (QED) is 0.300. The van der Waals surface area contributed by atoms with Crippen LogP contribution in [-0.2, 0) is 28.8 Å². The topological polar surface area (TPSA) is 125 Å². The Morgan fingerprint density at radius 2 is 1.71 bits per heavy atom. The Labute approximate surface area is 163 Å². The van der Waals surface area contributed by atoms with Gasteiger partial charge in [0.25, 0.3) is 11.8 Å². The molecule has 1 atom stereocenters. The molecule has 2 heterocycles. The monoisotopic (exact) mass is 405 g/mol. The van der Waals surface area contributed by atoms with Gasteiger partial charge >= 0.3 is 5.97 Å². The van der Waals surface area contributed by atoms with Gasteiger partial charge in [-0.1, -0.05) is 0 Å². The molecule has 0 spiro atoms. The lowest BCUT2D eigenvalue weighted by Gasteiger charge is -2.27. The van der Waals surface area contributed by atoms with Gasteiger partial charge < -0.3 is 15.5 Å². The Morgan fingerprint density at radius 1 is 1.07 bits per heavy atom. The highest BCUT2D eigenvalue weighted by molar-refractivity contribution is 6.01. The van der Waals surface area contributed by atoms with Gasteiger partial charge in [0.2, 0.25) is 11.8 Å². The van der Waals surface area contributed by atoms with Crippen LogP contribution in [0.2, 0.25) is 0 Å². The summed E-state index contributed by atoms with van der Waals surface area (Å²) in [6.45, 7) is 5.25. The minimum atomic E-state index is -0.771. The third kappa shape index (κ3) is 6.01. The number of hydroxylamine groups is 2. The predicted molar refractivity (Wildman–Crippen MR) is 97.3 cm³/mol. The zero-order valence-corrected chi connectivity index (χ0v) is 16.4. The lowest BCUT2D eigenvalue weighted by Crippen LogP contribution is -2.46. The predicted octanol–water partition coefficient (Wildman–Crippen LogP) is -0.521. The van der Waals surface area contributed by atoms with Crippen LogP contribution < -0.4 is 10.6 Å². The summed E-state index contributed by atoms with van der Waals surface area (Å²) in [5.41, 5.74) is 0. The van der Waals surface area contributed by atoms with Crippen molar-refractivity contribution in [2.75, 3.05) is 19.6 Å². The van der Waals surface area contributed by atoms with Crippen molar-refractivity contribution in [1.82, 2.24) is 20.6 Å². The highest BCUT2D eigenvalue weighted by atomic mass is 16.8. The first-order valence-corrected chi connectivity index (χ1v) is 9.66. The van der Waals surface area contributed by atoms with Crippen molar-refractivity contribution in [3.63, 3.8) is 0 Å². The Balaban J connectivity index is 1.58. The fourth-order valence-electron chi connectivity index (χ4n) is 3.30. The fourth-order valence-corrected chi connectivity index (χ4v) is 3.30. The average Bonchev–Trinajstić information content (AvgIpc) is 3.24. The SMILES string of the molecule is [13CH3][13CH]([13CH3])[15N]1CCCC1C(=O)N[13CH2][13CH2][13C](=O)[15NH]CC[13C](=O)ON1C(=O)CCC1=O. The van der Waals surface area contributed by atoms with E-state index in [1.807, 2.05) is 0 Å². The first-order valence-electron chi connectivity index (χ1n) is 9.66. The van der Waals surface area contributed by atoms with Gasteiger partial charge in [0, 0.05) is 38.4 Å². The molecule has 1 unspecified atom stereocenters. The van der Waals surface area contributed by atoms with Crippen molar-refractivity contribution in [2.24, 2.45) is 0 Å². The van der Waals surface area contributed by atoms with Crippen LogP contribution in [0.3, 0.4) is 0 Å². The molecule has 0 aromatic rings. The van der Waals surface area contributed by atoms with E-state index in [-0.39, 0.29) is 56.6 Å². The number of imide groups is 1. The highest BCUT2D eigenvalue weighted by Crippen LogP contribution is 2.19. The zero-order valence-electron chi connectivity index (χ0n) is 16.4. The number of hydrogen-bond acceptors (Lipinski definition) is 7. The number of carbonyl (C=O) groups is 5. The molecule has 2 N–H and O–H groups in total. The maximum atomic E-state index is 12.3. The summed E-state index contributed by atoms with van der Waals surface area (Å²) in [6, 6.07) is 0.154. The van der Waals surface area contributed by atoms with Crippen molar-refractivity contribution in [3.05, 3.63) is 0 Å². The Morgan fingerprint density at radius 3 is 2.36 bits per heavy atom. The van der Waals surface area contributed by atoms with Gasteiger partial charge in [-0.25, -0.2) is 4.79 Å². The first-order chi connectivity index (χ1) is 13.3. The molecule has 2 rings (SSSR count). The molecule has 2 aliphatic heterocycles. The summed E-state index contributed by atoms with van der Waals surface area (Å²) in [6.07, 6.45) is 1.80. The molecule has 2 saturated heterocycles. The van der Waals surface area contributed by atoms with Crippen LogP contribution in [0.1, 0.15) is 52.4 Å².